The van der Waals surface area contributed by atoms with Gasteiger partial charge in [0.2, 0.25) is 5.79 Å². The van der Waals surface area contributed by atoms with Crippen molar-refractivity contribution >= 4 is 23.9 Å². The average molecular weight is 1050 g/mol. The topological polar surface area (TPSA) is 129 Å². The number of esters is 3. The highest BCUT2D eigenvalue weighted by Crippen LogP contribution is 2.34. The van der Waals surface area contributed by atoms with Crippen LogP contribution in [0.15, 0.2) is 0 Å². The number of nitrogens with zero attached hydrogens (tertiary/aromatic N) is 1. The Morgan fingerprint density at radius 3 is 1.30 bits per heavy atom. The molecule has 1 heterocycles. The standard InChI is InChI=1S/C64H121NO9/c1-6-11-16-21-26-27-28-35-45-54-71-60(66)48-41-36-44-53-65-56-58(55-59(65)63(69)70)72-61(67)49-39-31-32-40-50-62(68)74-64(51-42-33-24-19-14-9-4,52-43-34-25-20-15-10-5)73-57(46-37-29-22-17-12-7-2)47-38-30-23-18-13-8-3/h57-59H,6-56H2,1-5H3,(H,69,70)/t58?,59-/m0/s1. The normalized spacial score (nSPS) is 15.1. The summed E-state index contributed by atoms with van der Waals surface area (Å²) < 4.78 is 25.2. The molecular weight excluding hydrogens is 927 g/mol. The predicted molar refractivity (Wildman–Crippen MR) is 308 cm³/mol. The van der Waals surface area contributed by atoms with Gasteiger partial charge in [-0.2, -0.15) is 0 Å². The first kappa shape index (κ1) is 69.8. The summed E-state index contributed by atoms with van der Waals surface area (Å²) in [7, 11) is 0. The van der Waals surface area contributed by atoms with Crippen molar-refractivity contribution in [2.75, 3.05) is 19.7 Å². The number of hydrogen-bond acceptors (Lipinski definition) is 9. The van der Waals surface area contributed by atoms with Gasteiger partial charge in [0.05, 0.1) is 12.7 Å². The number of carboxylic acid groups (broad SMARTS) is 1. The Bertz CT molecular complexity index is 1280. The van der Waals surface area contributed by atoms with Gasteiger partial charge in [-0.05, 0) is 64.3 Å². The molecule has 0 aromatic carbocycles. The van der Waals surface area contributed by atoms with Crippen LogP contribution in [0.4, 0.5) is 0 Å². The zero-order valence-electron chi connectivity index (χ0n) is 49.5. The lowest BCUT2D eigenvalue weighted by Crippen LogP contribution is -2.42. The molecule has 74 heavy (non-hydrogen) atoms. The van der Waals surface area contributed by atoms with Gasteiger partial charge in [-0.3, -0.25) is 24.1 Å². The van der Waals surface area contributed by atoms with Gasteiger partial charge >= 0.3 is 23.9 Å². The minimum atomic E-state index is -0.892. The molecular formula is C64H121NO9. The minimum absolute atomic E-state index is 0.107. The molecule has 0 aromatic heterocycles. The molecule has 10 nitrogen and oxygen atoms in total. The molecule has 0 spiro atoms. The van der Waals surface area contributed by atoms with E-state index < -0.39 is 23.9 Å². The number of ether oxygens (including phenoxy) is 4. The lowest BCUT2D eigenvalue weighted by atomic mass is 9.97. The maximum atomic E-state index is 13.9. The number of carboxylic acids is 1. The van der Waals surface area contributed by atoms with Crippen LogP contribution >= 0.6 is 0 Å². The molecule has 0 aliphatic carbocycles. The van der Waals surface area contributed by atoms with Gasteiger partial charge < -0.3 is 24.1 Å². The zero-order chi connectivity index (χ0) is 54.0. The molecule has 0 radical (unpaired) electrons. The molecule has 0 saturated carbocycles. The van der Waals surface area contributed by atoms with E-state index in [2.05, 4.69) is 34.6 Å². The second-order valence-corrected chi connectivity index (χ2v) is 22.7. The van der Waals surface area contributed by atoms with E-state index >= 15 is 0 Å². The molecule has 436 valence electrons. The summed E-state index contributed by atoms with van der Waals surface area (Å²) in [6.07, 6.45) is 50.3. The number of aliphatic carboxylic acids is 1. The highest BCUT2D eigenvalue weighted by molar-refractivity contribution is 5.74. The van der Waals surface area contributed by atoms with E-state index in [-0.39, 0.29) is 36.9 Å². The number of carbonyl (C=O) groups excluding carboxylic acids is 3. The molecule has 0 aromatic rings. The van der Waals surface area contributed by atoms with Crippen molar-refractivity contribution in [2.45, 2.75) is 367 Å². The van der Waals surface area contributed by atoms with Crippen LogP contribution in [0, 0.1) is 0 Å². The first-order chi connectivity index (χ1) is 36.1. The highest BCUT2D eigenvalue weighted by atomic mass is 16.7. The summed E-state index contributed by atoms with van der Waals surface area (Å²) in [4.78, 5) is 53.2. The third-order valence-corrected chi connectivity index (χ3v) is 15.6. The van der Waals surface area contributed by atoms with Gasteiger partial charge in [0.25, 0.3) is 0 Å². The van der Waals surface area contributed by atoms with Gasteiger partial charge in [0.1, 0.15) is 12.1 Å². The lowest BCUT2D eigenvalue weighted by Gasteiger charge is -2.37. The summed E-state index contributed by atoms with van der Waals surface area (Å²) in [5, 5.41) is 9.96. The molecule has 1 saturated heterocycles. The van der Waals surface area contributed by atoms with Crippen molar-refractivity contribution in [2.24, 2.45) is 0 Å². The average Bonchev–Trinajstić information content (AvgIpc) is 3.79. The van der Waals surface area contributed by atoms with E-state index in [1.54, 1.807) is 0 Å². The molecule has 1 fully saturated rings. The van der Waals surface area contributed by atoms with E-state index in [4.69, 9.17) is 18.9 Å². The monoisotopic (exact) mass is 1050 g/mol. The van der Waals surface area contributed by atoms with Crippen molar-refractivity contribution < 1.29 is 43.2 Å². The molecule has 1 aliphatic rings. The number of rotatable bonds is 56. The fraction of sp³-hybridized carbons (Fsp3) is 0.938. The van der Waals surface area contributed by atoms with E-state index in [0.29, 0.717) is 51.8 Å². The lowest BCUT2D eigenvalue weighted by molar-refractivity contribution is -0.259. The van der Waals surface area contributed by atoms with Crippen molar-refractivity contribution in [3.8, 4) is 0 Å². The van der Waals surface area contributed by atoms with Crippen LogP contribution in [0.2, 0.25) is 0 Å². The molecule has 1 aliphatic heterocycles. The fourth-order valence-corrected chi connectivity index (χ4v) is 10.9. The SMILES string of the molecule is CCCCCCCCCCCOC(=O)CCCCCN1CC(OC(=O)CCCCCCC(=O)OC(CCCCCCCC)(CCCCCCCC)OC(CCCCCCCC)CCCCCCCC)C[C@H]1C(=O)O. The Labute approximate surface area is 456 Å². The second kappa shape index (κ2) is 50.3. The molecule has 1 N–H and O–H groups in total. The smallest absolute Gasteiger partial charge is 0.321 e. The number of likely N-dealkylation sites (tertiary alicyclic amines) is 1. The molecule has 1 rings (SSSR count). The zero-order valence-corrected chi connectivity index (χ0v) is 49.5. The molecule has 10 heteroatoms. The van der Waals surface area contributed by atoms with Crippen LogP contribution in [-0.4, -0.2) is 77.6 Å². The Morgan fingerprint density at radius 1 is 0.459 bits per heavy atom. The fourth-order valence-electron chi connectivity index (χ4n) is 10.9. The second-order valence-electron chi connectivity index (χ2n) is 22.7. The van der Waals surface area contributed by atoms with Gasteiger partial charge in [0, 0.05) is 45.1 Å². The highest BCUT2D eigenvalue weighted by Gasteiger charge is 2.39. The summed E-state index contributed by atoms with van der Waals surface area (Å²) in [6, 6.07) is -0.680. The number of hydrogen-bond donors (Lipinski definition) is 1. The largest absolute Gasteiger partial charge is 0.480 e. The van der Waals surface area contributed by atoms with Crippen LogP contribution in [0.1, 0.15) is 343 Å². The predicted octanol–water partition coefficient (Wildman–Crippen LogP) is 18.7. The van der Waals surface area contributed by atoms with Crippen LogP contribution in [0.3, 0.4) is 0 Å². The summed E-state index contributed by atoms with van der Waals surface area (Å²) in [5.41, 5.74) is 0. The molecule has 0 amide bonds. The minimum Gasteiger partial charge on any atom is -0.480 e. The Morgan fingerprint density at radius 2 is 0.838 bits per heavy atom. The van der Waals surface area contributed by atoms with Gasteiger partial charge in [-0.1, -0.05) is 247 Å². The van der Waals surface area contributed by atoms with E-state index in [1.807, 2.05) is 4.90 Å². The third-order valence-electron chi connectivity index (χ3n) is 15.6. The van der Waals surface area contributed by atoms with Gasteiger partial charge in [-0.25, -0.2) is 0 Å². The maximum absolute atomic E-state index is 13.9. The molecule has 1 unspecified atom stereocenters. The van der Waals surface area contributed by atoms with Crippen molar-refractivity contribution in [3.05, 3.63) is 0 Å². The molecule has 2 atom stereocenters. The van der Waals surface area contributed by atoms with E-state index in [0.717, 1.165) is 89.9 Å². The summed E-state index contributed by atoms with van der Waals surface area (Å²) >= 11 is 0. The van der Waals surface area contributed by atoms with Crippen LogP contribution in [0.5, 0.6) is 0 Å². The van der Waals surface area contributed by atoms with E-state index in [9.17, 15) is 24.3 Å². The van der Waals surface area contributed by atoms with Crippen molar-refractivity contribution in [1.82, 2.24) is 4.90 Å². The van der Waals surface area contributed by atoms with Crippen LogP contribution < -0.4 is 0 Å². The van der Waals surface area contributed by atoms with Crippen LogP contribution in [0.25, 0.3) is 0 Å². The number of carbonyl (C=O) groups is 4. The Balaban J connectivity index is 2.70. The van der Waals surface area contributed by atoms with Crippen molar-refractivity contribution in [3.63, 3.8) is 0 Å². The van der Waals surface area contributed by atoms with Gasteiger partial charge in [0.15, 0.2) is 0 Å². The Hall–Kier alpha value is -2.20. The van der Waals surface area contributed by atoms with E-state index in [1.165, 1.54) is 173 Å². The number of unbranched alkanes of at least 4 members (excludes halogenated alkanes) is 33. The summed E-state index contributed by atoms with van der Waals surface area (Å²) in [5.74, 6) is -2.35. The quantitative estimate of drug-likeness (QED) is 0.0272. The summed E-state index contributed by atoms with van der Waals surface area (Å²) in [6.45, 7) is 12.8. The van der Waals surface area contributed by atoms with Gasteiger partial charge in [-0.15, -0.1) is 0 Å². The first-order valence-corrected chi connectivity index (χ1v) is 32.3. The van der Waals surface area contributed by atoms with Crippen LogP contribution in [-0.2, 0) is 38.1 Å². The third kappa shape index (κ3) is 40.1. The first-order valence-electron chi connectivity index (χ1n) is 32.3. The molecule has 0 bridgehead atoms. The van der Waals surface area contributed by atoms with Crippen molar-refractivity contribution in [1.29, 1.82) is 0 Å². The maximum Gasteiger partial charge on any atom is 0.321 e. The Kier molecular flexibility index (Phi) is 47.5.